The lowest BCUT2D eigenvalue weighted by molar-refractivity contribution is -0.119. The Balaban J connectivity index is 1.63. The minimum atomic E-state index is -0.275. The average Bonchev–Trinajstić information content (AvgIpc) is 3.42. The quantitative estimate of drug-likeness (QED) is 0.245. The Morgan fingerprint density at radius 3 is 2.60 bits per heavy atom. The van der Waals surface area contributed by atoms with E-state index in [1.54, 1.807) is 12.3 Å². The number of aryl methyl sites for hydroxylation is 2. The molecule has 1 aliphatic rings. The van der Waals surface area contributed by atoms with Crippen LogP contribution in [0.4, 0.5) is 11.4 Å². The number of hydrogen-bond acceptors (Lipinski definition) is 4. The molecule has 0 radical (unpaired) electrons. The Hall–Kier alpha value is -3.72. The van der Waals surface area contributed by atoms with Gasteiger partial charge in [0.2, 0.25) is 5.91 Å². The van der Waals surface area contributed by atoms with Gasteiger partial charge in [-0.3, -0.25) is 9.78 Å². The fraction of sp³-hybridized carbons (Fsp3) is 0.258. The molecular weight excluding hydrogens is 542 g/mol. The van der Waals surface area contributed by atoms with Crippen molar-refractivity contribution in [3.63, 3.8) is 0 Å². The van der Waals surface area contributed by atoms with E-state index in [1.807, 2.05) is 30.3 Å². The van der Waals surface area contributed by atoms with Gasteiger partial charge in [0, 0.05) is 36.1 Å². The lowest BCUT2D eigenvalue weighted by atomic mass is 9.96. The molecule has 2 aromatic carbocycles. The Bertz CT molecular complexity index is 1590. The molecule has 0 unspecified atom stereocenters. The number of ether oxygens (including phenoxy) is 1. The second kappa shape index (κ2) is 11.4. The molecule has 1 saturated heterocycles. The van der Waals surface area contributed by atoms with Crippen molar-refractivity contribution in [1.29, 1.82) is 0 Å². The highest BCUT2D eigenvalue weighted by molar-refractivity contribution is 7.80. The summed E-state index contributed by atoms with van der Waals surface area (Å²) in [6, 6.07) is 19.7. The van der Waals surface area contributed by atoms with E-state index in [9.17, 15) is 4.79 Å². The monoisotopic (exact) mass is 573 g/mol. The number of methoxy groups -OCH3 is 1. The largest absolute Gasteiger partial charge is 0.375 e. The third-order valence-electron chi connectivity index (χ3n) is 7.48. The van der Waals surface area contributed by atoms with Crippen LogP contribution in [0.3, 0.4) is 0 Å². The molecule has 0 bridgehead atoms. The van der Waals surface area contributed by atoms with Gasteiger partial charge in [0.15, 0.2) is 5.11 Å². The summed E-state index contributed by atoms with van der Waals surface area (Å²) < 4.78 is 7.24. The molecule has 206 valence electrons. The number of carbonyl (C=O) groups excluding carboxylic acids is 1. The number of nitrogens with one attached hydrogen (secondary N) is 2. The summed E-state index contributed by atoms with van der Waals surface area (Å²) in [7, 11) is 1.47. The Morgan fingerprint density at radius 2 is 1.90 bits per heavy atom. The molecule has 4 aromatic rings. The highest BCUT2D eigenvalue weighted by Crippen LogP contribution is 2.45. The lowest BCUT2D eigenvalue weighted by Crippen LogP contribution is -2.29. The van der Waals surface area contributed by atoms with Gasteiger partial charge in [0.05, 0.1) is 28.5 Å². The molecule has 7 nitrogen and oxygen atoms in total. The number of hydrogen-bond donors (Lipinski definition) is 2. The molecule has 2 aromatic heterocycles. The van der Waals surface area contributed by atoms with Gasteiger partial charge in [-0.05, 0) is 99.1 Å². The Kier molecular flexibility index (Phi) is 7.94. The summed E-state index contributed by atoms with van der Waals surface area (Å²) in [6.07, 6.45) is 1.80. The van der Waals surface area contributed by atoms with Gasteiger partial charge in [-0.25, -0.2) is 0 Å². The van der Waals surface area contributed by atoms with Crippen LogP contribution in [0, 0.1) is 27.7 Å². The topological polar surface area (TPSA) is 71.4 Å². The number of thiocarbonyl (C=S) groups is 1. The van der Waals surface area contributed by atoms with E-state index in [2.05, 4.69) is 77.0 Å². The van der Waals surface area contributed by atoms with Crippen molar-refractivity contribution < 1.29 is 9.53 Å². The SMILES string of the molecule is COCC(=O)Nc1ccc(N2C(=S)N[C@H](c3ccccn3)[C@H]2c2cc(C)n(-c3cccc(C)c3C)c2C)cc1Cl. The van der Waals surface area contributed by atoms with Gasteiger partial charge in [-0.1, -0.05) is 29.8 Å². The summed E-state index contributed by atoms with van der Waals surface area (Å²) in [4.78, 5) is 18.9. The van der Waals surface area contributed by atoms with Crippen molar-refractivity contribution in [3.05, 3.63) is 106 Å². The second-order valence-corrected chi connectivity index (χ2v) is 10.8. The van der Waals surface area contributed by atoms with E-state index < -0.39 is 0 Å². The number of benzene rings is 2. The molecule has 40 heavy (non-hydrogen) atoms. The van der Waals surface area contributed by atoms with Gasteiger partial charge in [0.25, 0.3) is 0 Å². The molecule has 2 N–H and O–H groups in total. The maximum Gasteiger partial charge on any atom is 0.250 e. The van der Waals surface area contributed by atoms with E-state index in [4.69, 9.17) is 28.6 Å². The van der Waals surface area contributed by atoms with Gasteiger partial charge in [0.1, 0.15) is 6.61 Å². The zero-order valence-corrected chi connectivity index (χ0v) is 24.7. The van der Waals surface area contributed by atoms with E-state index >= 15 is 0 Å². The summed E-state index contributed by atoms with van der Waals surface area (Å²) in [5.41, 5.74) is 9.26. The van der Waals surface area contributed by atoms with E-state index in [1.165, 1.54) is 18.2 Å². The number of carbonyl (C=O) groups is 1. The van der Waals surface area contributed by atoms with Crippen molar-refractivity contribution in [2.75, 3.05) is 23.9 Å². The summed E-state index contributed by atoms with van der Waals surface area (Å²) in [6.45, 7) is 8.53. The molecule has 5 rings (SSSR count). The van der Waals surface area contributed by atoms with E-state index in [-0.39, 0.29) is 24.6 Å². The maximum atomic E-state index is 12.1. The molecule has 3 heterocycles. The van der Waals surface area contributed by atoms with Crippen molar-refractivity contribution >= 4 is 46.2 Å². The van der Waals surface area contributed by atoms with Crippen molar-refractivity contribution in [2.45, 2.75) is 39.8 Å². The smallest absolute Gasteiger partial charge is 0.250 e. The van der Waals surface area contributed by atoms with Crippen LogP contribution < -0.4 is 15.5 Å². The summed E-state index contributed by atoms with van der Waals surface area (Å²) in [5.74, 6) is -0.275. The first-order valence-electron chi connectivity index (χ1n) is 13.1. The number of anilines is 2. The van der Waals surface area contributed by atoms with Crippen LogP contribution in [0.5, 0.6) is 0 Å². The first-order valence-corrected chi connectivity index (χ1v) is 13.8. The zero-order chi connectivity index (χ0) is 28.6. The molecule has 1 fully saturated rings. The summed E-state index contributed by atoms with van der Waals surface area (Å²) >= 11 is 12.6. The zero-order valence-electron chi connectivity index (χ0n) is 23.2. The molecular formula is C31H32ClN5O2S. The summed E-state index contributed by atoms with van der Waals surface area (Å²) in [5, 5.41) is 7.29. The third-order valence-corrected chi connectivity index (χ3v) is 8.11. The molecule has 9 heteroatoms. The van der Waals surface area contributed by atoms with E-state index in [0.29, 0.717) is 15.8 Å². The van der Waals surface area contributed by atoms with Crippen LogP contribution in [0.1, 0.15) is 45.9 Å². The predicted octanol–water partition coefficient (Wildman–Crippen LogP) is 6.52. The van der Waals surface area contributed by atoms with Crippen LogP contribution in [-0.4, -0.2) is 34.3 Å². The number of aromatic nitrogens is 2. The first-order chi connectivity index (χ1) is 19.2. The van der Waals surface area contributed by atoms with Crippen LogP contribution in [0.2, 0.25) is 5.02 Å². The van der Waals surface area contributed by atoms with Crippen LogP contribution in [0.15, 0.2) is 66.9 Å². The first kappa shape index (κ1) is 27.8. The highest BCUT2D eigenvalue weighted by atomic mass is 35.5. The van der Waals surface area contributed by atoms with E-state index in [0.717, 1.165) is 34.0 Å². The highest BCUT2D eigenvalue weighted by Gasteiger charge is 2.42. The number of pyridine rings is 1. The Morgan fingerprint density at radius 1 is 1.10 bits per heavy atom. The third kappa shape index (κ3) is 5.10. The van der Waals surface area contributed by atoms with Gasteiger partial charge < -0.3 is 24.8 Å². The molecule has 0 saturated carbocycles. The van der Waals surface area contributed by atoms with Crippen molar-refractivity contribution in [3.8, 4) is 5.69 Å². The Labute approximate surface area is 245 Å². The average molecular weight is 574 g/mol. The van der Waals surface area contributed by atoms with Crippen LogP contribution in [0.25, 0.3) is 5.69 Å². The lowest BCUT2D eigenvalue weighted by Gasteiger charge is -2.28. The normalized spacial score (nSPS) is 16.8. The molecule has 1 amide bonds. The number of halogens is 1. The predicted molar refractivity (Wildman–Crippen MR) is 165 cm³/mol. The van der Waals surface area contributed by atoms with Crippen LogP contribution >= 0.6 is 23.8 Å². The minimum absolute atomic E-state index is 0.0535. The molecule has 0 spiro atoms. The van der Waals surface area contributed by atoms with Gasteiger partial charge >= 0.3 is 0 Å². The van der Waals surface area contributed by atoms with Crippen LogP contribution in [-0.2, 0) is 9.53 Å². The second-order valence-electron chi connectivity index (χ2n) is 10.0. The standard InChI is InChI=1S/C31H32ClN5O2S/c1-18-9-8-11-27(20(18)3)36-19(2)15-23(21(36)4)30-29(26-10-6-7-14-33-26)35-31(40)37(30)22-12-13-25(24(32)16-22)34-28(38)17-39-5/h6-16,29-30H,17H2,1-5H3,(H,34,38)(H,35,40)/t29-,30-/m1/s1. The molecule has 0 aliphatic carbocycles. The molecule has 1 aliphatic heterocycles. The fourth-order valence-corrected chi connectivity index (χ4v) is 6.03. The molecule has 2 atom stereocenters. The number of rotatable bonds is 7. The van der Waals surface area contributed by atoms with Gasteiger partial charge in [-0.15, -0.1) is 0 Å². The van der Waals surface area contributed by atoms with Crippen molar-refractivity contribution in [2.24, 2.45) is 0 Å². The minimum Gasteiger partial charge on any atom is -0.375 e. The van der Waals surface area contributed by atoms with Gasteiger partial charge in [-0.2, -0.15) is 0 Å². The fourth-order valence-electron chi connectivity index (χ4n) is 5.46. The van der Waals surface area contributed by atoms with Crippen molar-refractivity contribution in [1.82, 2.24) is 14.9 Å². The number of nitrogens with zero attached hydrogens (tertiary/aromatic N) is 3. The number of amides is 1. The maximum absolute atomic E-state index is 12.1.